The van der Waals surface area contributed by atoms with Crippen LogP contribution in [0.2, 0.25) is 0 Å². The van der Waals surface area contributed by atoms with Gasteiger partial charge in [-0.25, -0.2) is 12.8 Å². The molecule has 1 aromatic rings. The van der Waals surface area contributed by atoms with E-state index in [0.29, 0.717) is 13.0 Å². The van der Waals surface area contributed by atoms with E-state index >= 15 is 0 Å². The molecule has 2 fully saturated rings. The van der Waals surface area contributed by atoms with Gasteiger partial charge in [0.05, 0.1) is 18.1 Å². The Morgan fingerprint density at radius 1 is 1.22 bits per heavy atom. The lowest BCUT2D eigenvalue weighted by Gasteiger charge is -2.35. The second-order valence-electron chi connectivity index (χ2n) is 8.20. The molecule has 1 saturated heterocycles. The first-order chi connectivity index (χ1) is 12.8. The Morgan fingerprint density at radius 2 is 1.89 bits per heavy atom. The smallest absolute Gasteiger partial charge is 0.237 e. The van der Waals surface area contributed by atoms with Crippen molar-refractivity contribution < 1.29 is 17.6 Å². The average Bonchev–Trinajstić information content (AvgIpc) is 2.93. The summed E-state index contributed by atoms with van der Waals surface area (Å²) >= 11 is 0. The highest BCUT2D eigenvalue weighted by atomic mass is 32.2. The summed E-state index contributed by atoms with van der Waals surface area (Å²) < 4.78 is 36.7. The van der Waals surface area contributed by atoms with Crippen LogP contribution < -0.4 is 5.32 Å². The number of carbonyl (C=O) groups is 1. The zero-order valence-electron chi connectivity index (χ0n) is 15.9. The van der Waals surface area contributed by atoms with Crippen molar-refractivity contribution >= 4 is 15.7 Å². The van der Waals surface area contributed by atoms with Crippen molar-refractivity contribution in [1.29, 1.82) is 0 Å². The normalized spacial score (nSPS) is 25.4. The Bertz CT molecular complexity index is 760. The van der Waals surface area contributed by atoms with Crippen molar-refractivity contribution in [2.24, 2.45) is 0 Å². The van der Waals surface area contributed by atoms with Crippen LogP contribution in [0.25, 0.3) is 0 Å². The van der Waals surface area contributed by atoms with E-state index in [9.17, 15) is 17.6 Å². The third kappa shape index (κ3) is 5.51. The standard InChI is InChI=1S/C20H29FN2O3S/c1-20(11-12-27(25,26)15-20)22-13-19(24)23(18-5-3-2-4-6-18)14-16-7-9-17(21)10-8-16/h7-10,18,22H,2-6,11-15H2,1H3. The van der Waals surface area contributed by atoms with Crippen LogP contribution in [0.5, 0.6) is 0 Å². The lowest BCUT2D eigenvalue weighted by Crippen LogP contribution is -2.51. The number of amides is 1. The number of hydrogen-bond acceptors (Lipinski definition) is 4. The molecule has 0 bridgehead atoms. The fraction of sp³-hybridized carbons (Fsp3) is 0.650. The van der Waals surface area contributed by atoms with Gasteiger partial charge in [-0.05, 0) is 43.9 Å². The van der Waals surface area contributed by atoms with Crippen molar-refractivity contribution in [3.05, 3.63) is 35.6 Å². The minimum Gasteiger partial charge on any atom is -0.334 e. The molecular formula is C20H29FN2O3S. The maximum absolute atomic E-state index is 13.2. The molecule has 1 N–H and O–H groups in total. The summed E-state index contributed by atoms with van der Waals surface area (Å²) in [6, 6.07) is 6.47. The van der Waals surface area contributed by atoms with Gasteiger partial charge in [0.1, 0.15) is 5.82 Å². The first-order valence-corrected chi connectivity index (χ1v) is 11.6. The minimum atomic E-state index is -3.02. The molecular weight excluding hydrogens is 367 g/mol. The number of halogens is 1. The quantitative estimate of drug-likeness (QED) is 0.803. The molecule has 1 amide bonds. The summed E-state index contributed by atoms with van der Waals surface area (Å²) in [6.45, 7) is 2.46. The molecule has 3 rings (SSSR count). The van der Waals surface area contributed by atoms with Crippen molar-refractivity contribution in [3.63, 3.8) is 0 Å². The second kappa shape index (κ2) is 8.27. The zero-order chi connectivity index (χ0) is 19.5. The molecule has 150 valence electrons. The highest BCUT2D eigenvalue weighted by Crippen LogP contribution is 2.25. The van der Waals surface area contributed by atoms with Gasteiger partial charge in [-0.3, -0.25) is 4.79 Å². The molecule has 27 heavy (non-hydrogen) atoms. The van der Waals surface area contributed by atoms with Gasteiger partial charge in [0.15, 0.2) is 9.84 Å². The molecule has 1 aliphatic carbocycles. The van der Waals surface area contributed by atoms with E-state index in [1.165, 1.54) is 18.6 Å². The average molecular weight is 397 g/mol. The summed E-state index contributed by atoms with van der Waals surface area (Å²) in [6.07, 6.45) is 5.92. The molecule has 1 aromatic carbocycles. The summed E-state index contributed by atoms with van der Waals surface area (Å²) in [5, 5.41) is 3.20. The first kappa shape index (κ1) is 20.3. The van der Waals surface area contributed by atoms with Gasteiger partial charge in [0.25, 0.3) is 0 Å². The van der Waals surface area contributed by atoms with Crippen LogP contribution in [0.3, 0.4) is 0 Å². The molecule has 1 heterocycles. The Kier molecular flexibility index (Phi) is 6.21. The monoisotopic (exact) mass is 396 g/mol. The number of rotatable bonds is 6. The number of nitrogens with one attached hydrogen (secondary N) is 1. The largest absolute Gasteiger partial charge is 0.334 e. The second-order valence-corrected chi connectivity index (χ2v) is 10.4. The van der Waals surface area contributed by atoms with E-state index in [1.54, 1.807) is 12.1 Å². The first-order valence-electron chi connectivity index (χ1n) is 9.76. The summed E-state index contributed by atoms with van der Waals surface area (Å²) in [7, 11) is -3.02. The van der Waals surface area contributed by atoms with Crippen molar-refractivity contribution in [2.45, 2.75) is 63.6 Å². The highest BCUT2D eigenvalue weighted by molar-refractivity contribution is 7.91. The van der Waals surface area contributed by atoms with E-state index in [1.807, 2.05) is 11.8 Å². The SMILES string of the molecule is CC1(NCC(=O)N(Cc2ccc(F)cc2)C2CCCCC2)CCS(=O)(=O)C1. The van der Waals surface area contributed by atoms with Gasteiger partial charge in [-0.15, -0.1) is 0 Å². The third-order valence-corrected chi connectivity index (χ3v) is 7.67. The zero-order valence-corrected chi connectivity index (χ0v) is 16.7. The van der Waals surface area contributed by atoms with E-state index in [2.05, 4.69) is 5.32 Å². The van der Waals surface area contributed by atoms with E-state index in [-0.39, 0.29) is 35.8 Å². The molecule has 0 radical (unpaired) electrons. The molecule has 5 nitrogen and oxygen atoms in total. The Morgan fingerprint density at radius 3 is 2.48 bits per heavy atom. The lowest BCUT2D eigenvalue weighted by atomic mass is 9.93. The third-order valence-electron chi connectivity index (χ3n) is 5.77. The van der Waals surface area contributed by atoms with Gasteiger partial charge in [0.2, 0.25) is 5.91 Å². The molecule has 0 spiro atoms. The molecule has 7 heteroatoms. The van der Waals surface area contributed by atoms with E-state index in [0.717, 1.165) is 31.2 Å². The molecule has 1 atom stereocenters. The molecule has 0 aromatic heterocycles. The van der Waals surface area contributed by atoms with Crippen LogP contribution in [0.15, 0.2) is 24.3 Å². The van der Waals surface area contributed by atoms with Crippen molar-refractivity contribution in [2.75, 3.05) is 18.1 Å². The molecule has 1 aliphatic heterocycles. The number of nitrogens with zero attached hydrogens (tertiary/aromatic N) is 1. The minimum absolute atomic E-state index is 0.0169. The Hall–Kier alpha value is -1.47. The van der Waals surface area contributed by atoms with Crippen LogP contribution in [0.4, 0.5) is 4.39 Å². The fourth-order valence-electron chi connectivity index (χ4n) is 4.14. The molecule has 1 unspecified atom stereocenters. The van der Waals surface area contributed by atoms with Gasteiger partial charge < -0.3 is 10.2 Å². The number of carbonyl (C=O) groups excluding carboxylic acids is 1. The van der Waals surface area contributed by atoms with E-state index < -0.39 is 15.4 Å². The molecule has 1 saturated carbocycles. The highest BCUT2D eigenvalue weighted by Gasteiger charge is 2.38. The predicted molar refractivity (Wildman–Crippen MR) is 104 cm³/mol. The number of sulfone groups is 1. The van der Waals surface area contributed by atoms with Gasteiger partial charge in [-0.1, -0.05) is 31.4 Å². The fourth-order valence-corrected chi connectivity index (χ4v) is 6.26. The van der Waals surface area contributed by atoms with Crippen molar-refractivity contribution in [3.8, 4) is 0 Å². The maximum Gasteiger partial charge on any atom is 0.237 e. The maximum atomic E-state index is 13.2. The van der Waals surface area contributed by atoms with Crippen LogP contribution in [0, 0.1) is 5.82 Å². The summed E-state index contributed by atoms with van der Waals surface area (Å²) in [4.78, 5) is 14.9. The summed E-state index contributed by atoms with van der Waals surface area (Å²) in [5.74, 6) is -0.0514. The summed E-state index contributed by atoms with van der Waals surface area (Å²) in [5.41, 5.74) is 0.368. The van der Waals surface area contributed by atoms with Crippen LogP contribution >= 0.6 is 0 Å². The van der Waals surface area contributed by atoms with Gasteiger partial charge >= 0.3 is 0 Å². The lowest BCUT2D eigenvalue weighted by molar-refractivity contribution is -0.134. The van der Waals surface area contributed by atoms with E-state index in [4.69, 9.17) is 0 Å². The van der Waals surface area contributed by atoms with Crippen LogP contribution in [0.1, 0.15) is 51.0 Å². The predicted octanol–water partition coefficient (Wildman–Crippen LogP) is 2.65. The topological polar surface area (TPSA) is 66.5 Å². The van der Waals surface area contributed by atoms with Crippen molar-refractivity contribution in [1.82, 2.24) is 10.2 Å². The Labute approximate surface area is 161 Å². The molecule has 2 aliphatic rings. The number of benzene rings is 1. The van der Waals surface area contributed by atoms with Crippen LogP contribution in [-0.2, 0) is 21.2 Å². The van der Waals surface area contributed by atoms with Gasteiger partial charge in [0, 0.05) is 18.1 Å². The number of hydrogen-bond donors (Lipinski definition) is 1. The van der Waals surface area contributed by atoms with Gasteiger partial charge in [-0.2, -0.15) is 0 Å². The van der Waals surface area contributed by atoms with Crippen LogP contribution in [-0.4, -0.2) is 48.9 Å². The Balaban J connectivity index is 1.67.